The second-order valence-electron chi connectivity index (χ2n) is 6.69. The SMILES string of the molecule is CO/N=C1\CN(c2nc3c(cc2F)c(=O)c(C(=O)O)cn3C2CC2)C=C1CN. The van der Waals surface area contributed by atoms with Crippen LogP contribution in [-0.2, 0) is 4.84 Å². The van der Waals surface area contributed by atoms with Gasteiger partial charge in [0.1, 0.15) is 24.0 Å². The Balaban J connectivity index is 1.90. The van der Waals surface area contributed by atoms with Crippen LogP contribution in [0.4, 0.5) is 10.2 Å². The molecule has 28 heavy (non-hydrogen) atoms. The molecule has 0 unspecified atom stereocenters. The molecule has 0 atom stereocenters. The number of carbonyl (C=O) groups is 1. The van der Waals surface area contributed by atoms with Crippen molar-refractivity contribution in [2.45, 2.75) is 18.9 Å². The molecule has 10 heteroatoms. The number of pyridine rings is 2. The molecule has 3 heterocycles. The molecule has 0 bridgehead atoms. The van der Waals surface area contributed by atoms with E-state index >= 15 is 0 Å². The number of aromatic carboxylic acids is 1. The molecule has 2 aliphatic rings. The topological polar surface area (TPSA) is 123 Å². The van der Waals surface area contributed by atoms with E-state index in [0.717, 1.165) is 18.9 Å². The molecule has 0 amide bonds. The highest BCUT2D eigenvalue weighted by Crippen LogP contribution is 2.37. The highest BCUT2D eigenvalue weighted by Gasteiger charge is 2.30. The lowest BCUT2D eigenvalue weighted by Crippen LogP contribution is -2.23. The van der Waals surface area contributed by atoms with E-state index in [1.807, 2.05) is 0 Å². The average Bonchev–Trinajstić information content (AvgIpc) is 3.42. The Labute approximate surface area is 158 Å². The fourth-order valence-electron chi connectivity index (χ4n) is 3.30. The van der Waals surface area contributed by atoms with Crippen LogP contribution in [0.25, 0.3) is 11.0 Å². The van der Waals surface area contributed by atoms with Crippen LogP contribution >= 0.6 is 0 Å². The van der Waals surface area contributed by atoms with Crippen molar-refractivity contribution >= 4 is 28.5 Å². The fraction of sp³-hybridized carbons (Fsp3) is 0.333. The standard InChI is InChI=1S/C18H18FN5O4/c1-28-22-14-8-23(6-9(14)5-20)17-13(19)4-11-15(25)12(18(26)27)7-24(10-2-3-10)16(11)21-17/h4,6-7,10H,2-3,5,8,20H2,1H3,(H,26,27)/b22-14+. The molecular weight excluding hydrogens is 369 g/mol. The Hall–Kier alpha value is -3.27. The minimum Gasteiger partial charge on any atom is -0.477 e. The first-order valence-electron chi connectivity index (χ1n) is 8.71. The summed E-state index contributed by atoms with van der Waals surface area (Å²) in [5.74, 6) is -2.07. The first-order chi connectivity index (χ1) is 13.4. The molecule has 1 saturated carbocycles. The third kappa shape index (κ3) is 2.91. The smallest absolute Gasteiger partial charge is 0.341 e. The van der Waals surface area contributed by atoms with Crippen LogP contribution in [0, 0.1) is 5.82 Å². The third-order valence-electron chi connectivity index (χ3n) is 4.81. The second-order valence-corrected chi connectivity index (χ2v) is 6.69. The molecule has 3 N–H and O–H groups in total. The van der Waals surface area contributed by atoms with E-state index < -0.39 is 22.8 Å². The summed E-state index contributed by atoms with van der Waals surface area (Å²) in [6.07, 6.45) is 4.62. The molecule has 0 radical (unpaired) electrons. The predicted molar refractivity (Wildman–Crippen MR) is 100 cm³/mol. The summed E-state index contributed by atoms with van der Waals surface area (Å²) in [6.45, 7) is 0.416. The summed E-state index contributed by atoms with van der Waals surface area (Å²) in [5, 5.41) is 13.1. The summed E-state index contributed by atoms with van der Waals surface area (Å²) in [7, 11) is 1.41. The molecular formula is C18H18FN5O4. The van der Waals surface area contributed by atoms with Gasteiger partial charge in [-0.15, -0.1) is 0 Å². The highest BCUT2D eigenvalue weighted by atomic mass is 19.1. The van der Waals surface area contributed by atoms with Gasteiger partial charge in [0.2, 0.25) is 5.43 Å². The number of halogens is 1. The average molecular weight is 387 g/mol. The number of fused-ring (bicyclic) bond motifs is 1. The van der Waals surface area contributed by atoms with Gasteiger partial charge in [-0.1, -0.05) is 5.16 Å². The van der Waals surface area contributed by atoms with Crippen LogP contribution in [0.5, 0.6) is 0 Å². The maximum atomic E-state index is 14.8. The van der Waals surface area contributed by atoms with Gasteiger partial charge in [-0.3, -0.25) is 4.79 Å². The van der Waals surface area contributed by atoms with E-state index in [0.29, 0.717) is 11.3 Å². The van der Waals surface area contributed by atoms with Gasteiger partial charge in [-0.25, -0.2) is 14.2 Å². The molecule has 1 aliphatic heterocycles. The van der Waals surface area contributed by atoms with Gasteiger partial charge >= 0.3 is 5.97 Å². The Kier molecular flexibility index (Phi) is 4.34. The summed E-state index contributed by atoms with van der Waals surface area (Å²) in [4.78, 5) is 34.6. The number of carboxylic acids is 1. The van der Waals surface area contributed by atoms with Gasteiger partial charge in [0.05, 0.1) is 11.9 Å². The maximum absolute atomic E-state index is 14.8. The Morgan fingerprint density at radius 3 is 2.86 bits per heavy atom. The van der Waals surface area contributed by atoms with Gasteiger partial charge < -0.3 is 25.1 Å². The zero-order chi connectivity index (χ0) is 20.0. The number of rotatable bonds is 5. The van der Waals surface area contributed by atoms with Crippen LogP contribution in [0.3, 0.4) is 0 Å². The number of nitrogens with zero attached hydrogens (tertiary/aromatic N) is 4. The molecule has 9 nitrogen and oxygen atoms in total. The van der Waals surface area contributed by atoms with Gasteiger partial charge in [-0.2, -0.15) is 0 Å². The van der Waals surface area contributed by atoms with Crippen LogP contribution in [0.2, 0.25) is 0 Å². The van der Waals surface area contributed by atoms with Crippen molar-refractivity contribution in [3.05, 3.63) is 45.6 Å². The number of hydrogen-bond donors (Lipinski definition) is 2. The minimum absolute atomic E-state index is 0.0108. The number of hydrogen-bond acceptors (Lipinski definition) is 7. The van der Waals surface area contributed by atoms with E-state index in [1.54, 1.807) is 15.7 Å². The summed E-state index contributed by atoms with van der Waals surface area (Å²) in [5.41, 5.74) is 6.07. The molecule has 1 fully saturated rings. The Bertz CT molecular complexity index is 1100. The number of nitrogens with two attached hydrogens (primary N) is 1. The van der Waals surface area contributed by atoms with Crippen molar-refractivity contribution in [2.75, 3.05) is 25.1 Å². The first kappa shape index (κ1) is 18.1. The number of aromatic nitrogens is 2. The van der Waals surface area contributed by atoms with Gasteiger partial charge in [-0.05, 0) is 18.9 Å². The molecule has 2 aromatic heterocycles. The Morgan fingerprint density at radius 2 is 2.25 bits per heavy atom. The first-order valence-corrected chi connectivity index (χ1v) is 8.71. The molecule has 146 valence electrons. The van der Waals surface area contributed by atoms with Crippen LogP contribution in [-0.4, -0.2) is 46.5 Å². The molecule has 0 saturated heterocycles. The molecule has 0 spiro atoms. The van der Waals surface area contributed by atoms with Gasteiger partial charge in [0, 0.05) is 30.6 Å². The quantitative estimate of drug-likeness (QED) is 0.740. The molecule has 1 aliphatic carbocycles. The largest absolute Gasteiger partial charge is 0.477 e. The van der Waals surface area contributed by atoms with Crippen molar-refractivity contribution < 1.29 is 19.1 Å². The molecule has 4 rings (SSSR count). The summed E-state index contributed by atoms with van der Waals surface area (Å²) < 4.78 is 16.5. The maximum Gasteiger partial charge on any atom is 0.341 e. The molecule has 0 aromatic carbocycles. The second kappa shape index (κ2) is 6.71. The van der Waals surface area contributed by atoms with Crippen molar-refractivity contribution in [3.8, 4) is 0 Å². The van der Waals surface area contributed by atoms with Crippen molar-refractivity contribution in [1.29, 1.82) is 0 Å². The van der Waals surface area contributed by atoms with E-state index in [4.69, 9.17) is 10.6 Å². The predicted octanol–water partition coefficient (Wildman–Crippen LogP) is 1.23. The minimum atomic E-state index is -1.35. The van der Waals surface area contributed by atoms with E-state index in [9.17, 15) is 19.1 Å². The summed E-state index contributed by atoms with van der Waals surface area (Å²) in [6, 6.07) is 1.10. The molecule has 2 aromatic rings. The third-order valence-corrected chi connectivity index (χ3v) is 4.81. The van der Waals surface area contributed by atoms with Gasteiger partial charge in [0.25, 0.3) is 0 Å². The lowest BCUT2D eigenvalue weighted by atomic mass is 10.2. The summed E-state index contributed by atoms with van der Waals surface area (Å²) >= 11 is 0. The lowest BCUT2D eigenvalue weighted by Gasteiger charge is -2.17. The zero-order valence-corrected chi connectivity index (χ0v) is 15.1. The highest BCUT2D eigenvalue weighted by molar-refractivity contribution is 6.06. The van der Waals surface area contributed by atoms with E-state index in [1.165, 1.54) is 13.3 Å². The van der Waals surface area contributed by atoms with Gasteiger partial charge in [0.15, 0.2) is 11.6 Å². The zero-order valence-electron chi connectivity index (χ0n) is 15.1. The number of anilines is 1. The van der Waals surface area contributed by atoms with Crippen LogP contribution in [0.15, 0.2) is 34.0 Å². The lowest BCUT2D eigenvalue weighted by molar-refractivity contribution is 0.0695. The number of oxime groups is 1. The fourth-order valence-corrected chi connectivity index (χ4v) is 3.30. The monoisotopic (exact) mass is 387 g/mol. The van der Waals surface area contributed by atoms with Crippen molar-refractivity contribution in [3.63, 3.8) is 0 Å². The Morgan fingerprint density at radius 1 is 1.50 bits per heavy atom. The van der Waals surface area contributed by atoms with Crippen molar-refractivity contribution in [1.82, 2.24) is 9.55 Å². The van der Waals surface area contributed by atoms with Crippen LogP contribution < -0.4 is 16.1 Å². The number of carboxylic acid groups (broad SMARTS) is 1. The normalized spacial score (nSPS) is 18.0. The van der Waals surface area contributed by atoms with Crippen molar-refractivity contribution in [2.24, 2.45) is 10.9 Å². The van der Waals surface area contributed by atoms with E-state index in [-0.39, 0.29) is 36.0 Å². The van der Waals surface area contributed by atoms with Crippen LogP contribution in [0.1, 0.15) is 29.2 Å². The van der Waals surface area contributed by atoms with E-state index in [2.05, 4.69) is 10.1 Å².